The Bertz CT molecular complexity index is 867. The van der Waals surface area contributed by atoms with Crippen molar-refractivity contribution in [3.8, 4) is 17.2 Å². The fraction of sp³-hybridized carbons (Fsp3) is 0.280. The predicted octanol–water partition coefficient (Wildman–Crippen LogP) is 5.72. The van der Waals surface area contributed by atoms with Crippen molar-refractivity contribution in [2.45, 2.75) is 26.4 Å². The molecule has 0 saturated carbocycles. The molecule has 29 heavy (non-hydrogen) atoms. The first kappa shape index (κ1) is 20.6. The van der Waals surface area contributed by atoms with E-state index in [1.807, 2.05) is 66.7 Å². The molecule has 0 saturated heterocycles. The van der Waals surface area contributed by atoms with Crippen LogP contribution in [0.15, 0.2) is 78.9 Å². The fourth-order valence-corrected chi connectivity index (χ4v) is 2.91. The Morgan fingerprint density at radius 2 is 1.45 bits per heavy atom. The second kappa shape index (κ2) is 11.0. The molecule has 4 heteroatoms. The molecule has 0 amide bonds. The van der Waals surface area contributed by atoms with Crippen LogP contribution in [0.3, 0.4) is 0 Å². The summed E-state index contributed by atoms with van der Waals surface area (Å²) >= 11 is 0. The molecule has 1 unspecified atom stereocenters. The van der Waals surface area contributed by atoms with Crippen LogP contribution in [0.5, 0.6) is 17.2 Å². The van der Waals surface area contributed by atoms with Crippen molar-refractivity contribution in [3.63, 3.8) is 0 Å². The first-order chi connectivity index (χ1) is 14.2. The van der Waals surface area contributed by atoms with Gasteiger partial charge in [0.05, 0.1) is 6.54 Å². The van der Waals surface area contributed by atoms with Gasteiger partial charge < -0.3 is 19.5 Å². The van der Waals surface area contributed by atoms with Gasteiger partial charge in [-0.1, -0.05) is 43.3 Å². The number of nitrogens with one attached hydrogen (secondary N) is 1. The molecule has 1 N–H and O–H groups in total. The van der Waals surface area contributed by atoms with Gasteiger partial charge in [0.25, 0.3) is 0 Å². The molecule has 0 spiro atoms. The minimum Gasteiger partial charge on any atom is -0.490 e. The number of ether oxygens (including phenoxy) is 3. The Morgan fingerprint density at radius 3 is 2.21 bits per heavy atom. The van der Waals surface area contributed by atoms with Crippen LogP contribution in [-0.4, -0.2) is 25.9 Å². The van der Waals surface area contributed by atoms with E-state index in [0.717, 1.165) is 35.9 Å². The van der Waals surface area contributed by atoms with Crippen molar-refractivity contribution in [1.29, 1.82) is 0 Å². The largest absolute Gasteiger partial charge is 0.490 e. The Labute approximate surface area is 173 Å². The third-order valence-corrected chi connectivity index (χ3v) is 4.48. The Balaban J connectivity index is 1.44. The van der Waals surface area contributed by atoms with Crippen molar-refractivity contribution in [2.75, 3.05) is 25.1 Å². The van der Waals surface area contributed by atoms with E-state index in [1.165, 1.54) is 5.56 Å². The molecule has 4 nitrogen and oxygen atoms in total. The van der Waals surface area contributed by atoms with E-state index in [1.54, 1.807) is 0 Å². The van der Waals surface area contributed by atoms with Gasteiger partial charge in [0, 0.05) is 11.8 Å². The molecule has 152 valence electrons. The molecule has 0 bridgehead atoms. The summed E-state index contributed by atoms with van der Waals surface area (Å²) in [7, 11) is 0. The highest BCUT2D eigenvalue weighted by Gasteiger charge is 2.08. The number of aryl methyl sites for hydroxylation is 1. The average Bonchev–Trinajstić information content (AvgIpc) is 2.75. The van der Waals surface area contributed by atoms with E-state index in [-0.39, 0.29) is 6.10 Å². The van der Waals surface area contributed by atoms with Crippen LogP contribution >= 0.6 is 0 Å². The minimum atomic E-state index is 0.0978. The van der Waals surface area contributed by atoms with Gasteiger partial charge in [-0.15, -0.1) is 0 Å². The summed E-state index contributed by atoms with van der Waals surface area (Å²) in [4.78, 5) is 0. The van der Waals surface area contributed by atoms with Gasteiger partial charge in [0.1, 0.15) is 36.6 Å². The number of hydrogen-bond donors (Lipinski definition) is 1. The molecule has 3 aromatic rings. The lowest BCUT2D eigenvalue weighted by molar-refractivity contribution is 0.210. The second-order valence-electron chi connectivity index (χ2n) is 6.88. The zero-order valence-corrected chi connectivity index (χ0v) is 17.1. The second-order valence-corrected chi connectivity index (χ2v) is 6.88. The van der Waals surface area contributed by atoms with E-state index in [2.05, 4.69) is 31.3 Å². The predicted molar refractivity (Wildman–Crippen MR) is 118 cm³/mol. The van der Waals surface area contributed by atoms with Gasteiger partial charge in [-0.3, -0.25) is 0 Å². The third kappa shape index (κ3) is 7.07. The highest BCUT2D eigenvalue weighted by atomic mass is 16.5. The number of hydrogen-bond acceptors (Lipinski definition) is 4. The van der Waals surface area contributed by atoms with Crippen LogP contribution in [0.2, 0.25) is 0 Å². The normalized spacial score (nSPS) is 11.5. The fourth-order valence-electron chi connectivity index (χ4n) is 2.91. The SMILES string of the molecule is CCC(CNc1cccc(OCCOc2ccccc2)c1)Oc1cccc(C)c1. The monoisotopic (exact) mass is 391 g/mol. The number of rotatable bonds is 11. The molecule has 0 aromatic heterocycles. The lowest BCUT2D eigenvalue weighted by Gasteiger charge is -2.19. The third-order valence-electron chi connectivity index (χ3n) is 4.48. The Kier molecular flexibility index (Phi) is 7.81. The number of anilines is 1. The van der Waals surface area contributed by atoms with E-state index < -0.39 is 0 Å². The van der Waals surface area contributed by atoms with E-state index >= 15 is 0 Å². The maximum Gasteiger partial charge on any atom is 0.122 e. The average molecular weight is 392 g/mol. The van der Waals surface area contributed by atoms with Gasteiger partial charge in [0.2, 0.25) is 0 Å². The zero-order chi connectivity index (χ0) is 20.3. The quantitative estimate of drug-likeness (QED) is 0.424. The molecule has 3 rings (SSSR count). The van der Waals surface area contributed by atoms with Gasteiger partial charge >= 0.3 is 0 Å². The maximum absolute atomic E-state index is 6.11. The highest BCUT2D eigenvalue weighted by molar-refractivity contribution is 5.48. The highest BCUT2D eigenvalue weighted by Crippen LogP contribution is 2.19. The summed E-state index contributed by atoms with van der Waals surface area (Å²) in [6.07, 6.45) is 1.02. The Hall–Kier alpha value is -3.14. The minimum absolute atomic E-state index is 0.0978. The molecular weight excluding hydrogens is 362 g/mol. The standard InChI is InChI=1S/C25H29NO3/c1-3-22(29-25-14-7-9-20(2)17-25)19-26-21-10-8-13-24(18-21)28-16-15-27-23-11-5-4-6-12-23/h4-14,17-18,22,26H,3,15-16,19H2,1-2H3. The zero-order valence-electron chi connectivity index (χ0n) is 17.1. The van der Waals surface area contributed by atoms with Crippen molar-refractivity contribution in [2.24, 2.45) is 0 Å². The first-order valence-electron chi connectivity index (χ1n) is 10.1. The smallest absolute Gasteiger partial charge is 0.122 e. The van der Waals surface area contributed by atoms with Crippen LogP contribution in [-0.2, 0) is 0 Å². The van der Waals surface area contributed by atoms with E-state index in [4.69, 9.17) is 14.2 Å². The van der Waals surface area contributed by atoms with Crippen molar-refractivity contribution in [3.05, 3.63) is 84.4 Å². The number of benzene rings is 3. The summed E-state index contributed by atoms with van der Waals surface area (Å²) in [6.45, 7) is 5.93. The molecule has 0 aliphatic rings. The molecule has 0 heterocycles. The van der Waals surface area contributed by atoms with E-state index in [0.29, 0.717) is 13.2 Å². The lowest BCUT2D eigenvalue weighted by atomic mass is 10.2. The Morgan fingerprint density at radius 1 is 0.759 bits per heavy atom. The summed E-state index contributed by atoms with van der Waals surface area (Å²) in [5.41, 5.74) is 2.21. The summed E-state index contributed by atoms with van der Waals surface area (Å²) in [5.74, 6) is 2.58. The van der Waals surface area contributed by atoms with Gasteiger partial charge in [0.15, 0.2) is 0 Å². The topological polar surface area (TPSA) is 39.7 Å². The van der Waals surface area contributed by atoms with Crippen LogP contribution in [0.25, 0.3) is 0 Å². The molecule has 3 aromatic carbocycles. The summed E-state index contributed by atoms with van der Waals surface area (Å²) < 4.78 is 17.6. The van der Waals surface area contributed by atoms with Crippen LogP contribution < -0.4 is 19.5 Å². The lowest BCUT2D eigenvalue weighted by Crippen LogP contribution is -2.25. The number of para-hydroxylation sites is 1. The molecule has 0 aliphatic heterocycles. The van der Waals surface area contributed by atoms with Crippen LogP contribution in [0.4, 0.5) is 5.69 Å². The van der Waals surface area contributed by atoms with Gasteiger partial charge in [-0.05, 0) is 55.3 Å². The van der Waals surface area contributed by atoms with Crippen molar-refractivity contribution in [1.82, 2.24) is 0 Å². The summed E-state index contributed by atoms with van der Waals surface area (Å²) in [6, 6.07) is 25.9. The molecule has 0 radical (unpaired) electrons. The molecular formula is C25H29NO3. The van der Waals surface area contributed by atoms with Crippen molar-refractivity contribution >= 4 is 5.69 Å². The van der Waals surface area contributed by atoms with Crippen LogP contribution in [0, 0.1) is 6.92 Å². The maximum atomic E-state index is 6.11. The van der Waals surface area contributed by atoms with Gasteiger partial charge in [-0.25, -0.2) is 0 Å². The van der Waals surface area contributed by atoms with Gasteiger partial charge in [-0.2, -0.15) is 0 Å². The van der Waals surface area contributed by atoms with Crippen molar-refractivity contribution < 1.29 is 14.2 Å². The molecule has 0 aliphatic carbocycles. The molecule has 1 atom stereocenters. The van der Waals surface area contributed by atoms with E-state index in [9.17, 15) is 0 Å². The summed E-state index contributed by atoms with van der Waals surface area (Å²) in [5, 5.41) is 3.45. The van der Waals surface area contributed by atoms with Crippen LogP contribution in [0.1, 0.15) is 18.9 Å². The first-order valence-corrected chi connectivity index (χ1v) is 10.1. The molecule has 0 fully saturated rings.